The number of anilines is 1. The fourth-order valence-electron chi connectivity index (χ4n) is 4.58. The molecule has 0 radical (unpaired) electrons. The molecule has 1 aromatic heterocycles. The summed E-state index contributed by atoms with van der Waals surface area (Å²) in [5.74, 6) is 2.86. The van der Waals surface area contributed by atoms with Gasteiger partial charge in [-0.1, -0.05) is 49.4 Å². The second-order valence-electron chi connectivity index (χ2n) is 8.78. The fraction of sp³-hybridized carbons (Fsp3) is 0.393. The van der Waals surface area contributed by atoms with Gasteiger partial charge in [0.05, 0.1) is 13.5 Å². The van der Waals surface area contributed by atoms with Gasteiger partial charge in [0.2, 0.25) is 5.91 Å². The summed E-state index contributed by atoms with van der Waals surface area (Å²) in [7, 11) is 1.68. The second-order valence-corrected chi connectivity index (χ2v) is 8.78. The summed E-state index contributed by atoms with van der Waals surface area (Å²) in [5, 5.41) is 0. The van der Waals surface area contributed by atoms with Crippen LogP contribution in [-0.2, 0) is 24.1 Å². The van der Waals surface area contributed by atoms with Crippen LogP contribution in [0, 0.1) is 6.92 Å². The highest BCUT2D eigenvalue weighted by atomic mass is 16.5. The summed E-state index contributed by atoms with van der Waals surface area (Å²) < 4.78 is 5.31. The highest BCUT2D eigenvalue weighted by Crippen LogP contribution is 2.27. The van der Waals surface area contributed by atoms with Gasteiger partial charge in [0.1, 0.15) is 17.4 Å². The van der Waals surface area contributed by atoms with E-state index < -0.39 is 0 Å². The third kappa shape index (κ3) is 5.74. The highest BCUT2D eigenvalue weighted by molar-refractivity contribution is 5.79. The van der Waals surface area contributed by atoms with E-state index in [0.29, 0.717) is 13.0 Å². The molecular formula is C28H34N4O2. The van der Waals surface area contributed by atoms with Crippen molar-refractivity contribution in [3.63, 3.8) is 0 Å². The Kier molecular flexibility index (Phi) is 7.78. The molecule has 0 aliphatic carbocycles. The van der Waals surface area contributed by atoms with Crippen molar-refractivity contribution >= 4 is 11.7 Å². The Balaban J connectivity index is 1.53. The normalized spacial score (nSPS) is 14.1. The SMILES string of the molecule is CCc1nc(C)nc(N2CCCN(C(=O)Cc3ccccc3)CC2)c1Cc1ccc(OC)cc1. The predicted molar refractivity (Wildman–Crippen MR) is 136 cm³/mol. The van der Waals surface area contributed by atoms with Gasteiger partial charge >= 0.3 is 0 Å². The molecule has 2 heterocycles. The lowest BCUT2D eigenvalue weighted by Crippen LogP contribution is -2.36. The average Bonchev–Trinajstić information content (AvgIpc) is 3.12. The smallest absolute Gasteiger partial charge is 0.227 e. The minimum Gasteiger partial charge on any atom is -0.497 e. The summed E-state index contributed by atoms with van der Waals surface area (Å²) in [4.78, 5) is 27.0. The number of nitrogens with zero attached hydrogens (tertiary/aromatic N) is 4. The van der Waals surface area contributed by atoms with Crippen LogP contribution in [0.15, 0.2) is 54.6 Å². The zero-order chi connectivity index (χ0) is 23.9. The summed E-state index contributed by atoms with van der Waals surface area (Å²) in [5.41, 5.74) is 4.55. The third-order valence-electron chi connectivity index (χ3n) is 6.40. The van der Waals surface area contributed by atoms with Crippen LogP contribution in [0.4, 0.5) is 5.82 Å². The second kappa shape index (κ2) is 11.1. The summed E-state index contributed by atoms with van der Waals surface area (Å²) in [6, 6.07) is 18.2. The summed E-state index contributed by atoms with van der Waals surface area (Å²) in [6.07, 6.45) is 3.01. The van der Waals surface area contributed by atoms with Crippen molar-refractivity contribution in [2.24, 2.45) is 0 Å². The first-order valence-electron chi connectivity index (χ1n) is 12.1. The molecule has 0 bridgehead atoms. The van der Waals surface area contributed by atoms with Gasteiger partial charge < -0.3 is 14.5 Å². The molecule has 2 aromatic carbocycles. The zero-order valence-electron chi connectivity index (χ0n) is 20.5. The van der Waals surface area contributed by atoms with Crippen LogP contribution in [0.2, 0.25) is 0 Å². The van der Waals surface area contributed by atoms with E-state index in [1.807, 2.05) is 54.3 Å². The molecule has 0 spiro atoms. The van der Waals surface area contributed by atoms with Crippen molar-refractivity contribution in [2.75, 3.05) is 38.2 Å². The number of benzene rings is 2. The minimum absolute atomic E-state index is 0.194. The molecule has 6 nitrogen and oxygen atoms in total. The molecule has 0 atom stereocenters. The zero-order valence-corrected chi connectivity index (χ0v) is 20.5. The topological polar surface area (TPSA) is 58.6 Å². The standard InChI is InChI=1S/C28H34N4O2/c1-4-26-25(19-23-11-13-24(34-3)14-12-23)28(30-21(2)29-26)32-16-8-15-31(17-18-32)27(33)20-22-9-6-5-7-10-22/h5-7,9-14H,4,8,15-20H2,1-3H3. The van der Waals surface area contributed by atoms with Gasteiger partial charge in [-0.3, -0.25) is 4.79 Å². The van der Waals surface area contributed by atoms with Crippen molar-refractivity contribution in [3.05, 3.63) is 82.8 Å². The number of hydrogen-bond acceptors (Lipinski definition) is 5. The van der Waals surface area contributed by atoms with E-state index in [4.69, 9.17) is 14.7 Å². The maximum absolute atomic E-state index is 12.9. The molecule has 1 aliphatic rings. The van der Waals surface area contributed by atoms with Crippen molar-refractivity contribution in [2.45, 2.75) is 39.5 Å². The first-order valence-corrected chi connectivity index (χ1v) is 12.1. The molecule has 3 aromatic rings. The monoisotopic (exact) mass is 458 g/mol. The number of methoxy groups -OCH3 is 1. The van der Waals surface area contributed by atoms with Crippen molar-refractivity contribution in [1.82, 2.24) is 14.9 Å². The van der Waals surface area contributed by atoms with E-state index in [2.05, 4.69) is 24.0 Å². The maximum Gasteiger partial charge on any atom is 0.227 e. The Labute approximate surface area is 202 Å². The number of carbonyl (C=O) groups is 1. The number of aryl methyl sites for hydroxylation is 2. The van der Waals surface area contributed by atoms with Gasteiger partial charge in [-0.15, -0.1) is 0 Å². The maximum atomic E-state index is 12.9. The van der Waals surface area contributed by atoms with Crippen molar-refractivity contribution in [1.29, 1.82) is 0 Å². The Morgan fingerprint density at radius 2 is 1.71 bits per heavy atom. The number of ether oxygens (including phenoxy) is 1. The molecule has 0 unspecified atom stereocenters. The van der Waals surface area contributed by atoms with Crippen molar-refractivity contribution < 1.29 is 9.53 Å². The van der Waals surface area contributed by atoms with Crippen LogP contribution in [0.1, 0.15) is 41.6 Å². The van der Waals surface area contributed by atoms with E-state index in [-0.39, 0.29) is 5.91 Å². The number of amides is 1. The molecule has 1 fully saturated rings. The molecule has 6 heteroatoms. The van der Waals surface area contributed by atoms with Gasteiger partial charge in [-0.25, -0.2) is 9.97 Å². The molecule has 34 heavy (non-hydrogen) atoms. The van der Waals surface area contributed by atoms with Crippen LogP contribution < -0.4 is 9.64 Å². The number of hydrogen-bond donors (Lipinski definition) is 0. The molecular weight excluding hydrogens is 424 g/mol. The summed E-state index contributed by atoms with van der Waals surface area (Å²) >= 11 is 0. The minimum atomic E-state index is 0.194. The molecule has 4 rings (SSSR count). The Morgan fingerprint density at radius 1 is 0.941 bits per heavy atom. The van der Waals surface area contributed by atoms with Gasteiger partial charge in [0.25, 0.3) is 0 Å². The first-order chi connectivity index (χ1) is 16.6. The third-order valence-corrected chi connectivity index (χ3v) is 6.40. The van der Waals surface area contributed by atoms with E-state index in [1.165, 1.54) is 11.1 Å². The Bertz CT molecular complexity index is 1100. The Hall–Kier alpha value is -3.41. The first kappa shape index (κ1) is 23.7. The Morgan fingerprint density at radius 3 is 2.41 bits per heavy atom. The van der Waals surface area contributed by atoms with E-state index in [1.54, 1.807) is 7.11 Å². The quantitative estimate of drug-likeness (QED) is 0.530. The van der Waals surface area contributed by atoms with E-state index in [9.17, 15) is 4.79 Å². The van der Waals surface area contributed by atoms with Gasteiger partial charge in [0, 0.05) is 43.9 Å². The molecule has 1 aliphatic heterocycles. The van der Waals surface area contributed by atoms with Crippen LogP contribution >= 0.6 is 0 Å². The van der Waals surface area contributed by atoms with Gasteiger partial charge in [-0.05, 0) is 43.0 Å². The largest absolute Gasteiger partial charge is 0.497 e. The lowest BCUT2D eigenvalue weighted by molar-refractivity contribution is -0.130. The predicted octanol–water partition coefficient (Wildman–Crippen LogP) is 4.23. The number of rotatable bonds is 7. The molecule has 178 valence electrons. The lowest BCUT2D eigenvalue weighted by Gasteiger charge is -2.26. The van der Waals surface area contributed by atoms with Gasteiger partial charge in [-0.2, -0.15) is 0 Å². The fourth-order valence-corrected chi connectivity index (χ4v) is 4.58. The highest BCUT2D eigenvalue weighted by Gasteiger charge is 2.23. The molecule has 1 saturated heterocycles. The number of carbonyl (C=O) groups excluding carboxylic acids is 1. The lowest BCUT2D eigenvalue weighted by atomic mass is 10.0. The van der Waals surface area contributed by atoms with Crippen molar-refractivity contribution in [3.8, 4) is 5.75 Å². The van der Waals surface area contributed by atoms with Gasteiger partial charge in [0.15, 0.2) is 0 Å². The number of aromatic nitrogens is 2. The average molecular weight is 459 g/mol. The van der Waals surface area contributed by atoms with Crippen LogP contribution in [0.5, 0.6) is 5.75 Å². The van der Waals surface area contributed by atoms with E-state index >= 15 is 0 Å². The molecule has 1 amide bonds. The summed E-state index contributed by atoms with van der Waals surface area (Å²) in [6.45, 7) is 7.25. The van der Waals surface area contributed by atoms with E-state index in [0.717, 1.165) is 67.5 Å². The van der Waals surface area contributed by atoms with Crippen LogP contribution in [0.3, 0.4) is 0 Å². The molecule has 0 N–H and O–H groups in total. The molecule has 0 saturated carbocycles. The van der Waals surface area contributed by atoms with Crippen LogP contribution in [-0.4, -0.2) is 54.1 Å². The van der Waals surface area contributed by atoms with Crippen LogP contribution in [0.25, 0.3) is 0 Å².